The lowest BCUT2D eigenvalue weighted by atomic mass is 9.77. The Labute approximate surface area is 114 Å². The van der Waals surface area contributed by atoms with Crippen molar-refractivity contribution in [2.45, 2.75) is 77.9 Å². The monoisotopic (exact) mass is 252 g/mol. The molecule has 2 aliphatic rings. The summed E-state index contributed by atoms with van der Waals surface area (Å²) >= 11 is 0. The van der Waals surface area contributed by atoms with Gasteiger partial charge < -0.3 is 5.32 Å². The van der Waals surface area contributed by atoms with Gasteiger partial charge in [0.15, 0.2) is 0 Å². The molecule has 1 heterocycles. The molecule has 106 valence electrons. The maximum absolute atomic E-state index is 3.74. The highest BCUT2D eigenvalue weighted by Crippen LogP contribution is 2.35. The van der Waals surface area contributed by atoms with Crippen LogP contribution in [0.5, 0.6) is 0 Å². The van der Waals surface area contributed by atoms with Crippen molar-refractivity contribution in [3.8, 4) is 0 Å². The van der Waals surface area contributed by atoms with Gasteiger partial charge in [-0.05, 0) is 57.9 Å². The minimum Gasteiger partial charge on any atom is -0.314 e. The number of piperidine rings is 1. The van der Waals surface area contributed by atoms with Gasteiger partial charge in [0.05, 0.1) is 0 Å². The van der Waals surface area contributed by atoms with Crippen LogP contribution in [0.15, 0.2) is 0 Å². The summed E-state index contributed by atoms with van der Waals surface area (Å²) in [6, 6.07) is 2.29. The lowest BCUT2D eigenvalue weighted by Crippen LogP contribution is -2.57. The molecule has 2 heteroatoms. The lowest BCUT2D eigenvalue weighted by molar-refractivity contribution is 0.0130. The van der Waals surface area contributed by atoms with Gasteiger partial charge in [-0.2, -0.15) is 0 Å². The Kier molecular flexibility index (Phi) is 5.08. The third kappa shape index (κ3) is 2.91. The number of hydrogen-bond acceptors (Lipinski definition) is 2. The van der Waals surface area contributed by atoms with E-state index < -0.39 is 0 Å². The van der Waals surface area contributed by atoms with Gasteiger partial charge in [-0.15, -0.1) is 0 Å². The van der Waals surface area contributed by atoms with Gasteiger partial charge in [0.25, 0.3) is 0 Å². The molecule has 0 bridgehead atoms. The maximum atomic E-state index is 3.74. The predicted molar refractivity (Wildman–Crippen MR) is 78.8 cm³/mol. The third-order valence-corrected chi connectivity index (χ3v) is 5.63. The summed E-state index contributed by atoms with van der Waals surface area (Å²) in [5.74, 6) is 1.77. The van der Waals surface area contributed by atoms with Gasteiger partial charge in [0, 0.05) is 24.7 Å². The molecule has 1 aliphatic heterocycles. The Bertz CT molecular complexity index is 249. The van der Waals surface area contributed by atoms with Gasteiger partial charge in [-0.25, -0.2) is 0 Å². The second-order valence-corrected chi connectivity index (χ2v) is 6.62. The van der Waals surface area contributed by atoms with Crippen molar-refractivity contribution in [1.82, 2.24) is 10.2 Å². The van der Waals surface area contributed by atoms with E-state index in [1.54, 1.807) is 0 Å². The summed E-state index contributed by atoms with van der Waals surface area (Å²) in [5, 5.41) is 3.74. The highest BCUT2D eigenvalue weighted by Gasteiger charge is 2.37. The topological polar surface area (TPSA) is 15.3 Å². The van der Waals surface area contributed by atoms with E-state index >= 15 is 0 Å². The van der Waals surface area contributed by atoms with Crippen LogP contribution in [0.2, 0.25) is 0 Å². The van der Waals surface area contributed by atoms with E-state index in [4.69, 9.17) is 0 Å². The normalized spacial score (nSPS) is 36.3. The second kappa shape index (κ2) is 6.38. The van der Waals surface area contributed by atoms with Crippen LogP contribution < -0.4 is 5.32 Å². The molecule has 4 atom stereocenters. The van der Waals surface area contributed by atoms with Crippen molar-refractivity contribution in [2.24, 2.45) is 11.8 Å². The van der Waals surface area contributed by atoms with Crippen molar-refractivity contribution < 1.29 is 0 Å². The molecule has 2 fully saturated rings. The summed E-state index contributed by atoms with van der Waals surface area (Å²) in [6.45, 7) is 12.1. The van der Waals surface area contributed by atoms with E-state index in [0.717, 1.165) is 30.0 Å². The summed E-state index contributed by atoms with van der Waals surface area (Å²) in [6.07, 6.45) is 6.99. The minimum atomic E-state index is 0.740. The van der Waals surface area contributed by atoms with Crippen molar-refractivity contribution in [2.75, 3.05) is 13.1 Å². The van der Waals surface area contributed by atoms with Crippen molar-refractivity contribution in [1.29, 1.82) is 0 Å². The molecule has 1 saturated heterocycles. The predicted octanol–water partition coefficient (Wildman–Crippen LogP) is 3.27. The molecule has 2 nitrogen and oxygen atoms in total. The zero-order chi connectivity index (χ0) is 13.1. The quantitative estimate of drug-likeness (QED) is 0.808. The van der Waals surface area contributed by atoms with E-state index in [1.807, 2.05) is 0 Å². The van der Waals surface area contributed by atoms with Crippen LogP contribution in [0, 0.1) is 11.8 Å². The van der Waals surface area contributed by atoms with Gasteiger partial charge >= 0.3 is 0 Å². The summed E-state index contributed by atoms with van der Waals surface area (Å²) in [7, 11) is 0. The number of hydrogen-bond donors (Lipinski definition) is 1. The standard InChI is InChI=1S/C16H32N2/c1-5-10-17-16-9-11-18(13(3)12(16)2)14(4)15-7-6-8-15/h12-17H,5-11H2,1-4H3. The van der Waals surface area contributed by atoms with Crippen molar-refractivity contribution in [3.05, 3.63) is 0 Å². The van der Waals surface area contributed by atoms with Crippen LogP contribution in [0.4, 0.5) is 0 Å². The van der Waals surface area contributed by atoms with Crippen molar-refractivity contribution in [3.63, 3.8) is 0 Å². The van der Waals surface area contributed by atoms with E-state index in [2.05, 4.69) is 37.9 Å². The van der Waals surface area contributed by atoms with Gasteiger partial charge in [0.2, 0.25) is 0 Å². The third-order valence-electron chi connectivity index (χ3n) is 5.63. The molecule has 1 N–H and O–H groups in total. The van der Waals surface area contributed by atoms with Crippen LogP contribution in [0.1, 0.15) is 59.8 Å². The average Bonchev–Trinajstić information content (AvgIpc) is 2.28. The Morgan fingerprint density at radius 1 is 1.22 bits per heavy atom. The molecule has 18 heavy (non-hydrogen) atoms. The van der Waals surface area contributed by atoms with Gasteiger partial charge in [0.1, 0.15) is 0 Å². The minimum absolute atomic E-state index is 0.740. The SMILES string of the molecule is CCCNC1CCN(C(C)C2CCC2)C(C)C1C. The lowest BCUT2D eigenvalue weighted by Gasteiger charge is -2.49. The first-order valence-electron chi connectivity index (χ1n) is 8.14. The molecular weight excluding hydrogens is 220 g/mol. The molecule has 1 saturated carbocycles. The van der Waals surface area contributed by atoms with E-state index in [9.17, 15) is 0 Å². The number of nitrogens with one attached hydrogen (secondary N) is 1. The second-order valence-electron chi connectivity index (χ2n) is 6.62. The van der Waals surface area contributed by atoms with E-state index in [0.29, 0.717) is 0 Å². The largest absolute Gasteiger partial charge is 0.314 e. The fourth-order valence-electron chi connectivity index (χ4n) is 3.78. The zero-order valence-corrected chi connectivity index (χ0v) is 12.8. The molecule has 0 amide bonds. The first kappa shape index (κ1) is 14.3. The van der Waals surface area contributed by atoms with E-state index in [1.165, 1.54) is 45.2 Å². The molecule has 4 unspecified atom stereocenters. The highest BCUT2D eigenvalue weighted by molar-refractivity contribution is 4.93. The van der Waals surface area contributed by atoms with Gasteiger partial charge in [-0.3, -0.25) is 4.90 Å². The van der Waals surface area contributed by atoms with Crippen molar-refractivity contribution >= 4 is 0 Å². The van der Waals surface area contributed by atoms with Crippen LogP contribution in [0.3, 0.4) is 0 Å². The summed E-state index contributed by atoms with van der Waals surface area (Å²) in [4.78, 5) is 2.79. The molecule has 2 rings (SSSR count). The molecule has 0 aromatic rings. The fraction of sp³-hybridized carbons (Fsp3) is 1.00. The van der Waals surface area contributed by atoms with Crippen LogP contribution in [-0.4, -0.2) is 36.1 Å². The fourth-order valence-corrected chi connectivity index (χ4v) is 3.78. The summed E-state index contributed by atoms with van der Waals surface area (Å²) in [5.41, 5.74) is 0. The Morgan fingerprint density at radius 3 is 2.50 bits per heavy atom. The first-order valence-corrected chi connectivity index (χ1v) is 8.14. The van der Waals surface area contributed by atoms with E-state index in [-0.39, 0.29) is 0 Å². The smallest absolute Gasteiger partial charge is 0.0120 e. The molecule has 0 radical (unpaired) electrons. The molecular formula is C16H32N2. The maximum Gasteiger partial charge on any atom is 0.0120 e. The Balaban J connectivity index is 1.88. The van der Waals surface area contributed by atoms with Crippen LogP contribution in [0.25, 0.3) is 0 Å². The Morgan fingerprint density at radius 2 is 1.94 bits per heavy atom. The zero-order valence-electron chi connectivity index (χ0n) is 12.8. The highest BCUT2D eigenvalue weighted by atomic mass is 15.2. The average molecular weight is 252 g/mol. The molecule has 0 aromatic carbocycles. The first-order chi connectivity index (χ1) is 8.65. The number of rotatable bonds is 5. The molecule has 1 aliphatic carbocycles. The van der Waals surface area contributed by atoms with Crippen LogP contribution >= 0.6 is 0 Å². The molecule has 0 aromatic heterocycles. The number of nitrogens with zero attached hydrogens (tertiary/aromatic N) is 1. The molecule has 0 spiro atoms. The number of likely N-dealkylation sites (tertiary alicyclic amines) is 1. The Hall–Kier alpha value is -0.0800. The summed E-state index contributed by atoms with van der Waals surface area (Å²) < 4.78 is 0. The van der Waals surface area contributed by atoms with Gasteiger partial charge in [-0.1, -0.05) is 20.3 Å². The van der Waals surface area contributed by atoms with Crippen LogP contribution in [-0.2, 0) is 0 Å².